The van der Waals surface area contributed by atoms with Crippen LogP contribution in [0.5, 0.6) is 5.75 Å². The van der Waals surface area contributed by atoms with E-state index in [0.717, 1.165) is 43.6 Å². The SMILES string of the molecule is COc1cc(CN2CCC(C(Cc3ccccc3Cl)N(C)C(=O)c3ccco3)CC2)ccc1F. The number of ether oxygens (including phenoxy) is 1. The van der Waals surface area contributed by atoms with Crippen LogP contribution in [0.3, 0.4) is 0 Å². The van der Waals surface area contributed by atoms with Crippen molar-refractivity contribution in [3.63, 3.8) is 0 Å². The third kappa shape index (κ3) is 5.62. The zero-order valence-electron chi connectivity index (χ0n) is 19.5. The van der Waals surface area contributed by atoms with E-state index in [2.05, 4.69) is 4.90 Å². The Kier molecular flexibility index (Phi) is 7.91. The summed E-state index contributed by atoms with van der Waals surface area (Å²) in [7, 11) is 3.33. The normalized spacial score (nSPS) is 15.8. The van der Waals surface area contributed by atoms with Crippen LogP contribution in [0.15, 0.2) is 65.3 Å². The Bertz CT molecular complexity index is 1100. The first-order valence-corrected chi connectivity index (χ1v) is 11.9. The van der Waals surface area contributed by atoms with Gasteiger partial charge in [-0.05, 0) is 79.7 Å². The van der Waals surface area contributed by atoms with Crippen molar-refractivity contribution in [1.82, 2.24) is 9.80 Å². The average Bonchev–Trinajstić information content (AvgIpc) is 3.39. The number of hydrogen-bond acceptors (Lipinski definition) is 4. The predicted octanol–water partition coefficient (Wildman–Crippen LogP) is 5.68. The van der Waals surface area contributed by atoms with Crippen LogP contribution in [0.1, 0.15) is 34.5 Å². The molecule has 1 saturated heterocycles. The molecule has 0 N–H and O–H groups in total. The van der Waals surface area contributed by atoms with Crippen LogP contribution in [0.2, 0.25) is 5.02 Å². The number of benzene rings is 2. The minimum atomic E-state index is -0.350. The Balaban J connectivity index is 1.46. The lowest BCUT2D eigenvalue weighted by molar-refractivity contribution is 0.0556. The third-order valence-corrected chi connectivity index (χ3v) is 7.10. The molecule has 1 fully saturated rings. The van der Waals surface area contributed by atoms with E-state index in [-0.39, 0.29) is 23.5 Å². The highest BCUT2D eigenvalue weighted by Crippen LogP contribution is 2.30. The van der Waals surface area contributed by atoms with Gasteiger partial charge in [0.2, 0.25) is 0 Å². The smallest absolute Gasteiger partial charge is 0.289 e. The van der Waals surface area contributed by atoms with Crippen molar-refractivity contribution in [2.75, 3.05) is 27.2 Å². The molecule has 34 heavy (non-hydrogen) atoms. The van der Waals surface area contributed by atoms with Gasteiger partial charge in [0.25, 0.3) is 5.91 Å². The molecule has 0 aliphatic carbocycles. The van der Waals surface area contributed by atoms with Crippen LogP contribution < -0.4 is 4.74 Å². The first-order valence-electron chi connectivity index (χ1n) is 11.5. The molecule has 7 heteroatoms. The maximum Gasteiger partial charge on any atom is 0.289 e. The summed E-state index contributed by atoms with van der Waals surface area (Å²) in [5.41, 5.74) is 2.06. The molecular weight excluding hydrogens is 455 g/mol. The third-order valence-electron chi connectivity index (χ3n) is 6.73. The number of methoxy groups -OCH3 is 1. The van der Waals surface area contributed by atoms with Gasteiger partial charge in [-0.25, -0.2) is 4.39 Å². The van der Waals surface area contributed by atoms with Gasteiger partial charge in [-0.3, -0.25) is 9.69 Å². The molecule has 0 radical (unpaired) electrons. The summed E-state index contributed by atoms with van der Waals surface area (Å²) in [5, 5.41) is 0.717. The summed E-state index contributed by atoms with van der Waals surface area (Å²) >= 11 is 6.47. The number of carbonyl (C=O) groups excluding carboxylic acids is 1. The molecule has 180 valence electrons. The molecule has 1 amide bonds. The van der Waals surface area contributed by atoms with E-state index < -0.39 is 0 Å². The van der Waals surface area contributed by atoms with Gasteiger partial charge in [0.1, 0.15) is 0 Å². The summed E-state index contributed by atoms with van der Waals surface area (Å²) < 4.78 is 24.2. The van der Waals surface area contributed by atoms with E-state index >= 15 is 0 Å². The lowest BCUT2D eigenvalue weighted by atomic mass is 9.84. The van der Waals surface area contributed by atoms with E-state index in [4.69, 9.17) is 20.8 Å². The summed E-state index contributed by atoms with van der Waals surface area (Å²) in [5.74, 6) is 0.457. The molecule has 2 heterocycles. The number of piperidine rings is 1. The molecule has 2 aromatic carbocycles. The maximum atomic E-state index is 13.8. The topological polar surface area (TPSA) is 45.9 Å². The average molecular weight is 485 g/mol. The number of furan rings is 1. The van der Waals surface area contributed by atoms with Crippen LogP contribution in [-0.4, -0.2) is 49.0 Å². The van der Waals surface area contributed by atoms with Gasteiger partial charge in [-0.2, -0.15) is 0 Å². The van der Waals surface area contributed by atoms with Gasteiger partial charge in [0.15, 0.2) is 17.3 Å². The molecule has 0 saturated carbocycles. The molecule has 4 rings (SSSR count). The van der Waals surface area contributed by atoms with Crippen molar-refractivity contribution < 1.29 is 18.3 Å². The van der Waals surface area contributed by atoms with Gasteiger partial charge in [-0.15, -0.1) is 0 Å². The van der Waals surface area contributed by atoms with Crippen LogP contribution >= 0.6 is 11.6 Å². The molecule has 1 unspecified atom stereocenters. The van der Waals surface area contributed by atoms with Crippen molar-refractivity contribution in [3.05, 3.63) is 88.6 Å². The summed E-state index contributed by atoms with van der Waals surface area (Å²) in [4.78, 5) is 17.3. The number of likely N-dealkylation sites (N-methyl/N-ethyl adjacent to an activating group) is 1. The summed E-state index contributed by atoms with van der Waals surface area (Å²) in [6, 6.07) is 16.3. The second kappa shape index (κ2) is 11.1. The Labute approximate surface area is 205 Å². The number of amides is 1. The van der Waals surface area contributed by atoms with E-state index in [9.17, 15) is 9.18 Å². The summed E-state index contributed by atoms with van der Waals surface area (Å²) in [6.07, 6.45) is 4.10. The summed E-state index contributed by atoms with van der Waals surface area (Å²) in [6.45, 7) is 2.53. The molecule has 3 aromatic rings. The fraction of sp³-hybridized carbons (Fsp3) is 0.370. The molecule has 1 aliphatic heterocycles. The number of halogens is 2. The number of nitrogens with zero attached hydrogens (tertiary/aromatic N) is 2. The van der Waals surface area contributed by atoms with Gasteiger partial charge >= 0.3 is 0 Å². The predicted molar refractivity (Wildman–Crippen MR) is 131 cm³/mol. The number of hydrogen-bond donors (Lipinski definition) is 0. The minimum absolute atomic E-state index is 0.00874. The van der Waals surface area contributed by atoms with Crippen LogP contribution in [-0.2, 0) is 13.0 Å². The fourth-order valence-corrected chi connectivity index (χ4v) is 5.00. The molecular formula is C27H30ClFN2O3. The maximum absolute atomic E-state index is 13.8. The van der Waals surface area contributed by atoms with Gasteiger partial charge in [0.05, 0.1) is 13.4 Å². The largest absolute Gasteiger partial charge is 0.494 e. The van der Waals surface area contributed by atoms with Crippen LogP contribution in [0, 0.1) is 11.7 Å². The zero-order chi connectivity index (χ0) is 24.1. The Morgan fingerprint density at radius 1 is 1.21 bits per heavy atom. The van der Waals surface area contributed by atoms with Crippen LogP contribution in [0.25, 0.3) is 0 Å². The molecule has 1 aromatic heterocycles. The number of likely N-dealkylation sites (tertiary alicyclic amines) is 1. The highest BCUT2D eigenvalue weighted by molar-refractivity contribution is 6.31. The molecule has 1 atom stereocenters. The van der Waals surface area contributed by atoms with Crippen molar-refractivity contribution in [1.29, 1.82) is 0 Å². The quantitative estimate of drug-likeness (QED) is 0.413. The van der Waals surface area contributed by atoms with Gasteiger partial charge in [-0.1, -0.05) is 35.9 Å². The Hall–Kier alpha value is -2.83. The Morgan fingerprint density at radius 3 is 2.65 bits per heavy atom. The van der Waals surface area contributed by atoms with Crippen LogP contribution in [0.4, 0.5) is 4.39 Å². The van der Waals surface area contributed by atoms with Crippen molar-refractivity contribution in [2.45, 2.75) is 31.8 Å². The molecule has 1 aliphatic rings. The number of carbonyl (C=O) groups is 1. The zero-order valence-corrected chi connectivity index (χ0v) is 20.3. The molecule has 0 spiro atoms. The van der Waals surface area contributed by atoms with Crippen molar-refractivity contribution >= 4 is 17.5 Å². The van der Waals surface area contributed by atoms with E-state index in [1.165, 1.54) is 19.4 Å². The first kappa shape index (κ1) is 24.3. The van der Waals surface area contributed by atoms with E-state index in [0.29, 0.717) is 23.1 Å². The van der Waals surface area contributed by atoms with Crippen molar-refractivity contribution in [2.24, 2.45) is 5.92 Å². The van der Waals surface area contributed by atoms with Gasteiger partial charge in [0, 0.05) is 24.7 Å². The van der Waals surface area contributed by atoms with Gasteiger partial charge < -0.3 is 14.1 Å². The molecule has 5 nitrogen and oxygen atoms in total. The van der Waals surface area contributed by atoms with E-state index in [1.807, 2.05) is 36.2 Å². The fourth-order valence-electron chi connectivity index (χ4n) is 4.79. The second-order valence-corrected chi connectivity index (χ2v) is 9.25. The lowest BCUT2D eigenvalue weighted by Crippen LogP contribution is -2.47. The molecule has 0 bridgehead atoms. The second-order valence-electron chi connectivity index (χ2n) is 8.84. The minimum Gasteiger partial charge on any atom is -0.494 e. The highest BCUT2D eigenvalue weighted by Gasteiger charge is 2.33. The highest BCUT2D eigenvalue weighted by atomic mass is 35.5. The Morgan fingerprint density at radius 2 is 1.97 bits per heavy atom. The van der Waals surface area contributed by atoms with E-state index in [1.54, 1.807) is 24.3 Å². The lowest BCUT2D eigenvalue weighted by Gasteiger charge is -2.40. The monoisotopic (exact) mass is 484 g/mol. The van der Waals surface area contributed by atoms with Crippen molar-refractivity contribution in [3.8, 4) is 5.75 Å². The first-order chi connectivity index (χ1) is 16.5. The standard InChI is InChI=1S/C27H30ClFN2O3/c1-30(27(32)25-8-5-15-34-25)24(17-21-6-3-4-7-22(21)28)20-11-13-31(14-12-20)18-19-9-10-23(29)26(16-19)33-2/h3-10,15-16,20,24H,11-14,17-18H2,1-2H3. The number of rotatable bonds is 8.